The minimum Gasteiger partial charge on any atom is -0.461 e. The lowest BCUT2D eigenvalue weighted by molar-refractivity contribution is -0.146. The highest BCUT2D eigenvalue weighted by atomic mass is 16.5. The van der Waals surface area contributed by atoms with Crippen LogP contribution in [0.25, 0.3) is 0 Å². The van der Waals surface area contributed by atoms with E-state index in [-0.39, 0.29) is 12.0 Å². The Morgan fingerprint density at radius 3 is 2.52 bits per heavy atom. The summed E-state index contributed by atoms with van der Waals surface area (Å²) in [7, 11) is 0. The fourth-order valence-corrected chi connectivity index (χ4v) is 2.66. The van der Waals surface area contributed by atoms with Crippen molar-refractivity contribution in [1.82, 2.24) is 4.90 Å². The van der Waals surface area contributed by atoms with Gasteiger partial charge in [0.1, 0.15) is 12.4 Å². The van der Waals surface area contributed by atoms with Crippen LogP contribution in [-0.2, 0) is 20.9 Å². The van der Waals surface area contributed by atoms with Gasteiger partial charge in [-0.15, -0.1) is 0 Å². The summed E-state index contributed by atoms with van der Waals surface area (Å²) in [4.78, 5) is 25.5. The van der Waals surface area contributed by atoms with Crippen molar-refractivity contribution in [2.45, 2.75) is 45.3 Å². The van der Waals surface area contributed by atoms with Gasteiger partial charge in [-0.1, -0.05) is 37.3 Å². The van der Waals surface area contributed by atoms with E-state index in [0.29, 0.717) is 31.7 Å². The Labute approximate surface area is 126 Å². The molecule has 4 heteroatoms. The predicted octanol–water partition coefficient (Wildman–Crippen LogP) is 2.56. The summed E-state index contributed by atoms with van der Waals surface area (Å²) in [6.45, 7) is 3.94. The number of benzene rings is 1. The average molecular weight is 289 g/mol. The summed E-state index contributed by atoms with van der Waals surface area (Å²) < 4.78 is 5.34. The van der Waals surface area contributed by atoms with Gasteiger partial charge in [0.15, 0.2) is 0 Å². The Kier molecular flexibility index (Phi) is 5.93. The molecule has 0 N–H and O–H groups in total. The van der Waals surface area contributed by atoms with Crippen LogP contribution in [0.15, 0.2) is 30.3 Å². The molecule has 1 saturated heterocycles. The normalized spacial score (nSPS) is 17.5. The van der Waals surface area contributed by atoms with Crippen LogP contribution in [0.4, 0.5) is 0 Å². The molecule has 0 unspecified atom stereocenters. The number of likely N-dealkylation sites (tertiary alicyclic amines) is 1. The molecular weight excluding hydrogens is 266 g/mol. The molecule has 1 aliphatic heterocycles. The van der Waals surface area contributed by atoms with E-state index in [0.717, 1.165) is 25.1 Å². The summed E-state index contributed by atoms with van der Waals surface area (Å²) in [6.07, 6.45) is 2.51. The number of piperidine rings is 1. The number of hydrogen-bond donors (Lipinski definition) is 0. The lowest BCUT2D eigenvalue weighted by Gasteiger charge is -2.32. The molecular formula is C17H23NO3. The van der Waals surface area contributed by atoms with Crippen LogP contribution >= 0.6 is 0 Å². The molecule has 114 valence electrons. The number of esters is 1. The lowest BCUT2D eigenvalue weighted by atomic mass is 10.0. The van der Waals surface area contributed by atoms with Crippen molar-refractivity contribution in [3.8, 4) is 0 Å². The SMILES string of the molecule is CC[C@@H](CC(=O)OCc1ccccc1)N1CCC(=O)CC1. The first kappa shape index (κ1) is 15.7. The number of carbonyl (C=O) groups is 2. The Bertz CT molecular complexity index is 462. The maximum absolute atomic E-state index is 12.0. The highest BCUT2D eigenvalue weighted by molar-refractivity contribution is 5.79. The standard InChI is InChI=1S/C17H23NO3/c1-2-15(18-10-8-16(19)9-11-18)12-17(20)21-13-14-6-4-3-5-7-14/h3-7,15H,2,8-13H2,1H3/t15-/m0/s1. The molecule has 4 nitrogen and oxygen atoms in total. The highest BCUT2D eigenvalue weighted by Crippen LogP contribution is 2.16. The van der Waals surface area contributed by atoms with Crippen molar-refractivity contribution in [3.63, 3.8) is 0 Å². The van der Waals surface area contributed by atoms with Gasteiger partial charge in [-0.2, -0.15) is 0 Å². The van der Waals surface area contributed by atoms with Gasteiger partial charge in [-0.05, 0) is 12.0 Å². The molecule has 1 atom stereocenters. The number of hydrogen-bond acceptors (Lipinski definition) is 4. The van der Waals surface area contributed by atoms with Gasteiger partial charge in [0, 0.05) is 32.0 Å². The van der Waals surface area contributed by atoms with Gasteiger partial charge in [-0.3, -0.25) is 14.5 Å². The smallest absolute Gasteiger partial charge is 0.307 e. The van der Waals surface area contributed by atoms with Gasteiger partial charge < -0.3 is 4.74 Å². The summed E-state index contributed by atoms with van der Waals surface area (Å²) in [5, 5.41) is 0. The largest absolute Gasteiger partial charge is 0.461 e. The van der Waals surface area contributed by atoms with Gasteiger partial charge >= 0.3 is 5.97 Å². The molecule has 1 heterocycles. The Hall–Kier alpha value is -1.68. The second-order valence-corrected chi connectivity index (χ2v) is 5.49. The zero-order valence-electron chi connectivity index (χ0n) is 12.6. The summed E-state index contributed by atoms with van der Waals surface area (Å²) in [6, 6.07) is 9.88. The molecule has 1 fully saturated rings. The Balaban J connectivity index is 1.78. The molecule has 0 radical (unpaired) electrons. The summed E-state index contributed by atoms with van der Waals surface area (Å²) in [5.41, 5.74) is 1.00. The third-order valence-electron chi connectivity index (χ3n) is 3.99. The van der Waals surface area contributed by atoms with Crippen molar-refractivity contribution in [3.05, 3.63) is 35.9 Å². The number of ketones is 1. The molecule has 0 aliphatic carbocycles. The summed E-state index contributed by atoms with van der Waals surface area (Å²) >= 11 is 0. The number of carbonyl (C=O) groups excluding carboxylic acids is 2. The maximum atomic E-state index is 12.0. The maximum Gasteiger partial charge on any atom is 0.307 e. The van der Waals surface area contributed by atoms with Crippen molar-refractivity contribution in [2.24, 2.45) is 0 Å². The van der Waals surface area contributed by atoms with Crippen LogP contribution in [0.1, 0.15) is 38.2 Å². The zero-order valence-corrected chi connectivity index (χ0v) is 12.6. The predicted molar refractivity (Wildman–Crippen MR) is 80.7 cm³/mol. The van der Waals surface area contributed by atoms with Crippen LogP contribution in [0.2, 0.25) is 0 Å². The van der Waals surface area contributed by atoms with Crippen molar-refractivity contribution >= 4 is 11.8 Å². The minimum atomic E-state index is -0.164. The van der Waals surface area contributed by atoms with Crippen molar-refractivity contribution < 1.29 is 14.3 Å². The average Bonchev–Trinajstić information content (AvgIpc) is 2.52. The Morgan fingerprint density at radius 2 is 1.90 bits per heavy atom. The third-order valence-corrected chi connectivity index (χ3v) is 3.99. The minimum absolute atomic E-state index is 0.164. The molecule has 0 spiro atoms. The highest BCUT2D eigenvalue weighted by Gasteiger charge is 2.24. The van der Waals surface area contributed by atoms with E-state index < -0.39 is 0 Å². The molecule has 0 aromatic heterocycles. The van der Waals surface area contributed by atoms with Gasteiger partial charge in [-0.25, -0.2) is 0 Å². The van der Waals surface area contributed by atoms with Crippen LogP contribution in [0.3, 0.4) is 0 Å². The molecule has 1 aliphatic rings. The lowest BCUT2D eigenvalue weighted by Crippen LogP contribution is -2.42. The molecule has 0 amide bonds. The zero-order chi connectivity index (χ0) is 15.1. The van der Waals surface area contributed by atoms with E-state index in [1.807, 2.05) is 30.3 Å². The van der Waals surface area contributed by atoms with E-state index in [9.17, 15) is 9.59 Å². The quantitative estimate of drug-likeness (QED) is 0.755. The molecule has 1 aromatic rings. The molecule has 0 bridgehead atoms. The van der Waals surface area contributed by atoms with Crippen LogP contribution < -0.4 is 0 Å². The van der Waals surface area contributed by atoms with Gasteiger partial charge in [0.05, 0.1) is 6.42 Å². The number of rotatable bonds is 6. The van der Waals surface area contributed by atoms with E-state index in [1.165, 1.54) is 0 Å². The second-order valence-electron chi connectivity index (χ2n) is 5.49. The van der Waals surface area contributed by atoms with Crippen molar-refractivity contribution in [2.75, 3.05) is 13.1 Å². The molecule has 0 saturated carbocycles. The first-order valence-electron chi connectivity index (χ1n) is 7.64. The fourth-order valence-electron chi connectivity index (χ4n) is 2.66. The Morgan fingerprint density at radius 1 is 1.24 bits per heavy atom. The van der Waals surface area contributed by atoms with Gasteiger partial charge in [0.2, 0.25) is 0 Å². The van der Waals surface area contributed by atoms with Gasteiger partial charge in [0.25, 0.3) is 0 Å². The van der Waals surface area contributed by atoms with E-state index in [1.54, 1.807) is 0 Å². The molecule has 21 heavy (non-hydrogen) atoms. The van der Waals surface area contributed by atoms with E-state index in [2.05, 4.69) is 11.8 Å². The molecule has 1 aromatic carbocycles. The van der Waals surface area contributed by atoms with Crippen LogP contribution in [-0.4, -0.2) is 35.8 Å². The number of ether oxygens (including phenoxy) is 1. The van der Waals surface area contributed by atoms with Crippen molar-refractivity contribution in [1.29, 1.82) is 0 Å². The molecule has 2 rings (SSSR count). The van der Waals surface area contributed by atoms with E-state index in [4.69, 9.17) is 4.74 Å². The third kappa shape index (κ3) is 4.97. The topological polar surface area (TPSA) is 46.6 Å². The number of nitrogens with zero attached hydrogens (tertiary/aromatic N) is 1. The monoisotopic (exact) mass is 289 g/mol. The number of Topliss-reactive ketones (excluding diaryl/α,β-unsaturated/α-hetero) is 1. The van der Waals surface area contributed by atoms with Crippen LogP contribution in [0.5, 0.6) is 0 Å². The first-order chi connectivity index (χ1) is 10.2. The first-order valence-corrected chi connectivity index (χ1v) is 7.64. The van der Waals surface area contributed by atoms with Crippen LogP contribution in [0, 0.1) is 0 Å². The fraction of sp³-hybridized carbons (Fsp3) is 0.529. The van der Waals surface area contributed by atoms with E-state index >= 15 is 0 Å². The summed E-state index contributed by atoms with van der Waals surface area (Å²) in [5.74, 6) is 0.162. The second kappa shape index (κ2) is 7.93.